The number of nitrogens with one attached hydrogen (secondary N) is 1. The van der Waals surface area contributed by atoms with Gasteiger partial charge in [-0.05, 0) is 35.4 Å². The van der Waals surface area contributed by atoms with Gasteiger partial charge in [-0.3, -0.25) is 14.9 Å². The van der Waals surface area contributed by atoms with Crippen LogP contribution in [0.15, 0.2) is 70.3 Å². The number of nitro groups is 1. The number of non-ortho nitro benzene ring substituents is 1. The van der Waals surface area contributed by atoms with E-state index in [2.05, 4.69) is 16.4 Å². The second-order valence-corrected chi connectivity index (χ2v) is 7.50. The summed E-state index contributed by atoms with van der Waals surface area (Å²) in [6.07, 6.45) is 0. The largest absolute Gasteiger partial charge is 0.431 e. The summed E-state index contributed by atoms with van der Waals surface area (Å²) < 4.78 is 5.54. The Hall–Kier alpha value is -3.39. The van der Waals surface area contributed by atoms with Crippen molar-refractivity contribution in [2.45, 2.75) is 18.2 Å². The summed E-state index contributed by atoms with van der Waals surface area (Å²) in [6.45, 7) is 1.94. The topological polar surface area (TPSA) is 98.3 Å². The van der Waals surface area contributed by atoms with Crippen LogP contribution in [-0.2, 0) is 4.79 Å². The maximum Gasteiger partial charge on any atom is 0.271 e. The first-order valence-corrected chi connectivity index (χ1v) is 9.94. The Morgan fingerprint density at radius 2 is 1.97 bits per heavy atom. The number of hydrogen-bond donors (Lipinski definition) is 1. The van der Waals surface area contributed by atoms with Gasteiger partial charge in [-0.1, -0.05) is 48.2 Å². The Balaban J connectivity index is 1.38. The van der Waals surface area contributed by atoms with Gasteiger partial charge in [-0.2, -0.15) is 0 Å². The number of fused-ring (bicyclic) bond motifs is 2. The standard InChI is InChI=1S/C21H17N3O4S/c1-13(15-7-6-14-4-2-3-5-16(14)10-15)22-20(25)12-29-21-23-18-11-17(24(26)27)8-9-19(18)28-21/h2-11,13H,12H2,1H3,(H,22,25). The third kappa shape index (κ3) is 4.22. The van der Waals surface area contributed by atoms with E-state index >= 15 is 0 Å². The first kappa shape index (κ1) is 18.9. The molecule has 7 nitrogen and oxygen atoms in total. The lowest BCUT2D eigenvalue weighted by Crippen LogP contribution is -2.28. The van der Waals surface area contributed by atoms with Crippen molar-refractivity contribution in [3.05, 3.63) is 76.3 Å². The van der Waals surface area contributed by atoms with E-state index in [1.807, 2.05) is 43.3 Å². The predicted octanol–water partition coefficient (Wildman–Crippen LogP) is 4.86. The number of aromatic nitrogens is 1. The average Bonchev–Trinajstić information content (AvgIpc) is 3.14. The van der Waals surface area contributed by atoms with Gasteiger partial charge in [0.05, 0.1) is 16.7 Å². The van der Waals surface area contributed by atoms with Crippen molar-refractivity contribution in [2.75, 3.05) is 5.75 Å². The van der Waals surface area contributed by atoms with Gasteiger partial charge in [0.1, 0.15) is 5.52 Å². The molecule has 8 heteroatoms. The first-order valence-electron chi connectivity index (χ1n) is 8.95. The Bertz CT molecular complexity index is 1220. The van der Waals surface area contributed by atoms with E-state index < -0.39 is 4.92 Å². The van der Waals surface area contributed by atoms with E-state index in [1.165, 1.54) is 18.2 Å². The highest BCUT2D eigenvalue weighted by Crippen LogP contribution is 2.26. The number of hydrogen-bond acceptors (Lipinski definition) is 6. The zero-order valence-corrected chi connectivity index (χ0v) is 16.3. The molecule has 1 atom stereocenters. The Labute approximate surface area is 170 Å². The van der Waals surface area contributed by atoms with Gasteiger partial charge >= 0.3 is 0 Å². The second kappa shape index (κ2) is 7.92. The highest BCUT2D eigenvalue weighted by atomic mass is 32.2. The van der Waals surface area contributed by atoms with Crippen LogP contribution in [0.5, 0.6) is 0 Å². The maximum absolute atomic E-state index is 12.3. The predicted molar refractivity (Wildman–Crippen MR) is 112 cm³/mol. The third-order valence-electron chi connectivity index (χ3n) is 4.54. The van der Waals surface area contributed by atoms with Gasteiger partial charge in [0, 0.05) is 12.1 Å². The summed E-state index contributed by atoms with van der Waals surface area (Å²) in [5.41, 5.74) is 1.82. The van der Waals surface area contributed by atoms with E-state index in [0.717, 1.165) is 28.1 Å². The van der Waals surface area contributed by atoms with Crippen molar-refractivity contribution in [1.29, 1.82) is 0 Å². The van der Waals surface area contributed by atoms with Gasteiger partial charge < -0.3 is 9.73 Å². The molecular formula is C21H17N3O4S. The second-order valence-electron chi connectivity index (χ2n) is 6.57. The van der Waals surface area contributed by atoms with E-state index in [1.54, 1.807) is 0 Å². The third-order valence-corrected chi connectivity index (χ3v) is 5.37. The molecule has 29 heavy (non-hydrogen) atoms. The summed E-state index contributed by atoms with van der Waals surface area (Å²) in [5, 5.41) is 16.4. The number of oxazole rings is 1. The van der Waals surface area contributed by atoms with E-state index in [4.69, 9.17) is 4.42 Å². The Morgan fingerprint density at radius 3 is 2.76 bits per heavy atom. The molecule has 4 rings (SSSR count). The minimum absolute atomic E-state index is 0.0516. The van der Waals surface area contributed by atoms with Gasteiger partial charge in [0.25, 0.3) is 10.9 Å². The van der Waals surface area contributed by atoms with Crippen LogP contribution in [0.2, 0.25) is 0 Å². The highest BCUT2D eigenvalue weighted by Gasteiger charge is 2.15. The fraction of sp³-hybridized carbons (Fsp3) is 0.143. The fourth-order valence-electron chi connectivity index (χ4n) is 3.04. The molecular weight excluding hydrogens is 390 g/mol. The van der Waals surface area contributed by atoms with E-state index in [9.17, 15) is 14.9 Å². The number of rotatable bonds is 6. The fourth-order valence-corrected chi connectivity index (χ4v) is 3.69. The van der Waals surface area contributed by atoms with Crippen LogP contribution in [0, 0.1) is 10.1 Å². The molecule has 0 aliphatic carbocycles. The number of thioether (sulfide) groups is 1. The summed E-state index contributed by atoms with van der Waals surface area (Å²) >= 11 is 1.15. The van der Waals surface area contributed by atoms with Gasteiger partial charge in [0.15, 0.2) is 5.58 Å². The zero-order chi connectivity index (χ0) is 20.4. The molecule has 1 aromatic heterocycles. The molecule has 0 saturated heterocycles. The molecule has 0 aliphatic heterocycles. The number of amides is 1. The van der Waals surface area contributed by atoms with Crippen LogP contribution in [-0.4, -0.2) is 21.6 Å². The molecule has 0 saturated carbocycles. The monoisotopic (exact) mass is 407 g/mol. The van der Waals surface area contributed by atoms with Gasteiger partial charge in [0.2, 0.25) is 5.91 Å². The smallest absolute Gasteiger partial charge is 0.271 e. The van der Waals surface area contributed by atoms with Crippen LogP contribution in [0.3, 0.4) is 0 Å². The number of nitro benzene ring substituents is 1. The zero-order valence-electron chi connectivity index (χ0n) is 15.5. The van der Waals surface area contributed by atoms with Crippen molar-refractivity contribution in [3.63, 3.8) is 0 Å². The van der Waals surface area contributed by atoms with Crippen LogP contribution in [0.4, 0.5) is 5.69 Å². The number of benzene rings is 3. The van der Waals surface area contributed by atoms with Gasteiger partial charge in [-0.25, -0.2) is 4.98 Å². The molecule has 1 heterocycles. The number of nitrogens with zero attached hydrogens (tertiary/aromatic N) is 2. The minimum atomic E-state index is -0.484. The molecule has 0 radical (unpaired) electrons. The molecule has 1 N–H and O–H groups in total. The molecule has 3 aromatic carbocycles. The van der Waals surface area contributed by atoms with E-state index in [0.29, 0.717) is 16.3 Å². The quantitative estimate of drug-likeness (QED) is 0.278. The summed E-state index contributed by atoms with van der Waals surface area (Å²) in [7, 11) is 0. The summed E-state index contributed by atoms with van der Waals surface area (Å²) in [5.74, 6) is -0.0174. The molecule has 0 aliphatic rings. The van der Waals surface area contributed by atoms with Crippen molar-refractivity contribution in [2.24, 2.45) is 0 Å². The van der Waals surface area contributed by atoms with Crippen LogP contribution >= 0.6 is 11.8 Å². The lowest BCUT2D eigenvalue weighted by Gasteiger charge is -2.14. The molecule has 0 spiro atoms. The Morgan fingerprint density at radius 1 is 1.17 bits per heavy atom. The van der Waals surface area contributed by atoms with Crippen molar-refractivity contribution in [1.82, 2.24) is 10.3 Å². The SMILES string of the molecule is CC(NC(=O)CSc1nc2cc([N+](=O)[O-])ccc2o1)c1ccc2ccccc2c1. The molecule has 146 valence electrons. The lowest BCUT2D eigenvalue weighted by molar-refractivity contribution is -0.384. The molecule has 0 bridgehead atoms. The molecule has 1 unspecified atom stereocenters. The minimum Gasteiger partial charge on any atom is -0.431 e. The average molecular weight is 407 g/mol. The normalized spacial score (nSPS) is 12.2. The van der Waals surface area contributed by atoms with E-state index in [-0.39, 0.29) is 23.4 Å². The molecule has 0 fully saturated rings. The Kier molecular flexibility index (Phi) is 5.18. The summed E-state index contributed by atoms with van der Waals surface area (Å²) in [4.78, 5) is 26.9. The summed E-state index contributed by atoms with van der Waals surface area (Å²) in [6, 6.07) is 18.3. The first-order chi connectivity index (χ1) is 14.0. The van der Waals surface area contributed by atoms with Crippen LogP contribution in [0.25, 0.3) is 21.9 Å². The lowest BCUT2D eigenvalue weighted by atomic mass is 10.0. The van der Waals surface area contributed by atoms with Crippen molar-refractivity contribution < 1.29 is 14.1 Å². The van der Waals surface area contributed by atoms with Crippen LogP contribution < -0.4 is 5.32 Å². The molecule has 4 aromatic rings. The highest BCUT2D eigenvalue weighted by molar-refractivity contribution is 7.99. The van der Waals surface area contributed by atoms with Gasteiger partial charge in [-0.15, -0.1) is 0 Å². The number of carbonyl (C=O) groups is 1. The van der Waals surface area contributed by atoms with Crippen molar-refractivity contribution in [3.8, 4) is 0 Å². The molecule has 1 amide bonds. The number of carbonyl (C=O) groups excluding carboxylic acids is 1. The van der Waals surface area contributed by atoms with Crippen molar-refractivity contribution >= 4 is 45.2 Å². The maximum atomic E-state index is 12.3. The van der Waals surface area contributed by atoms with Crippen LogP contribution in [0.1, 0.15) is 18.5 Å².